The van der Waals surface area contributed by atoms with Gasteiger partial charge in [0.25, 0.3) is 5.91 Å². The average Bonchev–Trinajstić information content (AvgIpc) is 3.46. The van der Waals surface area contributed by atoms with E-state index in [0.717, 1.165) is 33.6 Å². The maximum atomic E-state index is 13.1. The van der Waals surface area contributed by atoms with Gasteiger partial charge >= 0.3 is 0 Å². The Bertz CT molecular complexity index is 1120. The number of nitrogens with zero attached hydrogens (tertiary/aromatic N) is 2. The molecule has 28 heavy (non-hydrogen) atoms. The molecule has 4 aromatic rings. The summed E-state index contributed by atoms with van der Waals surface area (Å²) in [5, 5.41) is 0.970. The molecule has 5 rings (SSSR count). The summed E-state index contributed by atoms with van der Waals surface area (Å²) < 4.78 is 20.1. The zero-order chi connectivity index (χ0) is 19.1. The van der Waals surface area contributed by atoms with Gasteiger partial charge < -0.3 is 9.32 Å². The van der Waals surface area contributed by atoms with Crippen LogP contribution in [0.25, 0.3) is 21.5 Å². The van der Waals surface area contributed by atoms with Crippen molar-refractivity contribution in [3.05, 3.63) is 77.2 Å². The lowest BCUT2D eigenvalue weighted by Gasteiger charge is -2.21. The number of furan rings is 1. The molecule has 0 spiro atoms. The molecule has 1 saturated heterocycles. The number of halogens is 1. The molecular formula is C22H17FN2O2S. The fourth-order valence-electron chi connectivity index (χ4n) is 3.66. The van der Waals surface area contributed by atoms with Gasteiger partial charge in [0.05, 0.1) is 16.3 Å². The number of para-hydroxylation sites is 1. The van der Waals surface area contributed by atoms with Crippen molar-refractivity contribution < 1.29 is 13.6 Å². The van der Waals surface area contributed by atoms with Gasteiger partial charge in [-0.25, -0.2) is 9.37 Å². The molecule has 1 atom stereocenters. The number of benzene rings is 2. The maximum absolute atomic E-state index is 13.1. The summed E-state index contributed by atoms with van der Waals surface area (Å²) in [5.41, 5.74) is 1.71. The van der Waals surface area contributed by atoms with E-state index in [-0.39, 0.29) is 17.8 Å². The van der Waals surface area contributed by atoms with E-state index in [9.17, 15) is 9.18 Å². The van der Waals surface area contributed by atoms with Crippen LogP contribution in [0, 0.1) is 5.82 Å². The summed E-state index contributed by atoms with van der Waals surface area (Å²) in [5.74, 6) is 0.420. The molecule has 0 unspecified atom stereocenters. The number of likely N-dealkylation sites (tertiary alicyclic amines) is 1. The average molecular weight is 392 g/mol. The second kappa shape index (κ2) is 6.87. The highest BCUT2D eigenvalue weighted by atomic mass is 32.1. The number of carbonyl (C=O) groups excluding carboxylic acids is 1. The fourth-order valence-corrected chi connectivity index (χ4v) is 4.78. The monoisotopic (exact) mass is 392 g/mol. The molecule has 0 N–H and O–H groups in total. The normalized spacial score (nSPS) is 16.8. The third-order valence-electron chi connectivity index (χ3n) is 5.05. The molecule has 1 amide bonds. The molecule has 4 nitrogen and oxygen atoms in total. The lowest BCUT2D eigenvalue weighted by molar-refractivity contribution is 0.0704. The Morgan fingerprint density at radius 2 is 1.93 bits per heavy atom. The highest BCUT2D eigenvalue weighted by molar-refractivity contribution is 7.18. The molecule has 2 aromatic carbocycles. The predicted molar refractivity (Wildman–Crippen MR) is 107 cm³/mol. The van der Waals surface area contributed by atoms with Crippen molar-refractivity contribution in [2.45, 2.75) is 18.9 Å². The smallest absolute Gasteiger partial charge is 0.290 e. The Hall–Kier alpha value is -2.99. The molecular weight excluding hydrogens is 375 g/mol. The zero-order valence-electron chi connectivity index (χ0n) is 15.0. The first-order valence-corrected chi connectivity index (χ1v) is 10.0. The van der Waals surface area contributed by atoms with Gasteiger partial charge in [-0.05, 0) is 61.4 Å². The third kappa shape index (κ3) is 2.99. The lowest BCUT2D eigenvalue weighted by Crippen LogP contribution is -2.30. The molecule has 0 radical (unpaired) electrons. The van der Waals surface area contributed by atoms with Crippen LogP contribution >= 0.6 is 11.3 Å². The van der Waals surface area contributed by atoms with Gasteiger partial charge in [-0.1, -0.05) is 12.1 Å². The molecule has 1 aliphatic rings. The number of hydrogen-bond donors (Lipinski definition) is 0. The second-order valence-electron chi connectivity index (χ2n) is 6.85. The first-order chi connectivity index (χ1) is 13.7. The van der Waals surface area contributed by atoms with E-state index >= 15 is 0 Å². The van der Waals surface area contributed by atoms with Gasteiger partial charge in [0.2, 0.25) is 0 Å². The van der Waals surface area contributed by atoms with Crippen molar-refractivity contribution in [1.82, 2.24) is 9.88 Å². The summed E-state index contributed by atoms with van der Waals surface area (Å²) in [6.07, 6.45) is 1.84. The predicted octanol–water partition coefficient (Wildman–Crippen LogP) is 5.67. The van der Waals surface area contributed by atoms with Crippen molar-refractivity contribution in [2.75, 3.05) is 6.54 Å². The number of thiazole rings is 1. The van der Waals surface area contributed by atoms with E-state index in [1.807, 2.05) is 23.1 Å². The van der Waals surface area contributed by atoms with E-state index < -0.39 is 0 Å². The third-order valence-corrected chi connectivity index (χ3v) is 6.19. The largest absolute Gasteiger partial charge is 0.451 e. The fraction of sp³-hybridized carbons (Fsp3) is 0.182. The first kappa shape index (κ1) is 17.1. The number of aromatic nitrogens is 1. The van der Waals surface area contributed by atoms with Crippen LogP contribution in [0.4, 0.5) is 4.39 Å². The topological polar surface area (TPSA) is 46.3 Å². The van der Waals surface area contributed by atoms with Crippen molar-refractivity contribution >= 4 is 27.5 Å². The van der Waals surface area contributed by atoms with Crippen LogP contribution in [0.2, 0.25) is 0 Å². The van der Waals surface area contributed by atoms with E-state index in [1.54, 1.807) is 35.6 Å². The van der Waals surface area contributed by atoms with Crippen LogP contribution in [0.1, 0.15) is 34.4 Å². The molecule has 0 saturated carbocycles. The molecule has 0 aliphatic carbocycles. The lowest BCUT2D eigenvalue weighted by atomic mass is 10.2. The highest BCUT2D eigenvalue weighted by Gasteiger charge is 2.34. The summed E-state index contributed by atoms with van der Waals surface area (Å²) >= 11 is 1.64. The highest BCUT2D eigenvalue weighted by Crippen LogP contribution is 2.37. The summed E-state index contributed by atoms with van der Waals surface area (Å²) in [7, 11) is 0. The minimum absolute atomic E-state index is 0.0238. The Labute approximate surface area is 165 Å². The SMILES string of the molecule is O=C(c1ccc(-c2ccc(F)cc2)o1)N1CCC[C@H]1c1nc2ccccc2s1. The quantitative estimate of drug-likeness (QED) is 0.451. The summed E-state index contributed by atoms with van der Waals surface area (Å²) in [4.78, 5) is 19.7. The first-order valence-electron chi connectivity index (χ1n) is 9.21. The maximum Gasteiger partial charge on any atom is 0.290 e. The molecule has 0 bridgehead atoms. The van der Waals surface area contributed by atoms with Gasteiger partial charge in [-0.2, -0.15) is 0 Å². The molecule has 3 heterocycles. The van der Waals surface area contributed by atoms with Crippen LogP contribution in [0.3, 0.4) is 0 Å². The molecule has 6 heteroatoms. The number of carbonyl (C=O) groups is 1. The number of fused-ring (bicyclic) bond motifs is 1. The van der Waals surface area contributed by atoms with Crippen LogP contribution in [-0.4, -0.2) is 22.3 Å². The molecule has 2 aromatic heterocycles. The Morgan fingerprint density at radius 3 is 2.75 bits per heavy atom. The van der Waals surface area contributed by atoms with Gasteiger partial charge in [-0.15, -0.1) is 11.3 Å². The Morgan fingerprint density at radius 1 is 1.11 bits per heavy atom. The van der Waals surface area contributed by atoms with E-state index in [4.69, 9.17) is 9.40 Å². The van der Waals surface area contributed by atoms with Crippen molar-refractivity contribution in [3.8, 4) is 11.3 Å². The summed E-state index contributed by atoms with van der Waals surface area (Å²) in [6.45, 7) is 0.687. The molecule has 1 fully saturated rings. The van der Waals surface area contributed by atoms with E-state index in [0.29, 0.717) is 18.1 Å². The molecule has 1 aliphatic heterocycles. The van der Waals surface area contributed by atoms with Crippen LogP contribution in [-0.2, 0) is 0 Å². The van der Waals surface area contributed by atoms with Crippen molar-refractivity contribution in [2.24, 2.45) is 0 Å². The number of amides is 1. The second-order valence-corrected chi connectivity index (χ2v) is 7.91. The van der Waals surface area contributed by atoms with Gasteiger partial charge in [0, 0.05) is 12.1 Å². The minimum Gasteiger partial charge on any atom is -0.451 e. The van der Waals surface area contributed by atoms with Gasteiger partial charge in [0.1, 0.15) is 16.6 Å². The summed E-state index contributed by atoms with van der Waals surface area (Å²) in [6, 6.07) is 17.5. The Balaban J connectivity index is 1.42. The van der Waals surface area contributed by atoms with Crippen molar-refractivity contribution in [3.63, 3.8) is 0 Å². The van der Waals surface area contributed by atoms with Crippen LogP contribution < -0.4 is 0 Å². The van der Waals surface area contributed by atoms with Crippen LogP contribution in [0.5, 0.6) is 0 Å². The van der Waals surface area contributed by atoms with Crippen LogP contribution in [0.15, 0.2) is 65.1 Å². The van der Waals surface area contributed by atoms with E-state index in [2.05, 4.69) is 6.07 Å². The standard InChI is InChI=1S/C22H17FN2O2S/c23-15-9-7-14(8-10-15)18-11-12-19(27-18)22(26)25-13-3-5-17(25)21-24-16-4-1-2-6-20(16)28-21/h1-2,4,6-12,17H,3,5,13H2/t17-/m0/s1. The zero-order valence-corrected chi connectivity index (χ0v) is 15.8. The minimum atomic E-state index is -0.303. The van der Waals surface area contributed by atoms with Gasteiger partial charge in [0.15, 0.2) is 5.76 Å². The number of hydrogen-bond acceptors (Lipinski definition) is 4. The van der Waals surface area contributed by atoms with Crippen molar-refractivity contribution in [1.29, 1.82) is 0 Å². The van der Waals surface area contributed by atoms with E-state index in [1.165, 1.54) is 12.1 Å². The number of rotatable bonds is 3. The molecule has 140 valence electrons. The van der Waals surface area contributed by atoms with Gasteiger partial charge in [-0.3, -0.25) is 4.79 Å². The Kier molecular flexibility index (Phi) is 4.20.